The van der Waals surface area contributed by atoms with Crippen molar-refractivity contribution < 1.29 is 10.2 Å². The molecule has 14 heavy (non-hydrogen) atoms. The lowest BCUT2D eigenvalue weighted by Gasteiger charge is -2.00. The highest BCUT2D eigenvalue weighted by atomic mass is 16.3. The third kappa shape index (κ3) is 1.13. The van der Waals surface area contributed by atoms with Gasteiger partial charge in [0.05, 0.1) is 11.0 Å². The molecule has 72 valence electrons. The third-order valence-corrected chi connectivity index (χ3v) is 1.82. The molecule has 4 N–H and O–H groups in total. The minimum absolute atomic E-state index is 0.255. The Hall–Kier alpha value is -2.24. The minimum Gasteiger partial charge on any atom is -0.504 e. The van der Waals surface area contributed by atoms with E-state index in [1.807, 2.05) is 0 Å². The molecular formula is C8H6N2O4. The summed E-state index contributed by atoms with van der Waals surface area (Å²) in [7, 11) is 0. The van der Waals surface area contributed by atoms with Gasteiger partial charge in [-0.1, -0.05) is 0 Å². The van der Waals surface area contributed by atoms with Gasteiger partial charge in [0.2, 0.25) is 0 Å². The zero-order valence-electron chi connectivity index (χ0n) is 6.87. The fraction of sp³-hybridized carbons (Fsp3) is 0. The van der Waals surface area contributed by atoms with E-state index in [-0.39, 0.29) is 22.5 Å². The first-order chi connectivity index (χ1) is 6.58. The SMILES string of the molecule is O=c1[nH]c2cc(O)c(O)cc2[nH]c1=O. The maximum absolute atomic E-state index is 10.9. The number of aromatic nitrogens is 2. The Balaban J connectivity index is 2.97. The van der Waals surface area contributed by atoms with Crippen molar-refractivity contribution >= 4 is 11.0 Å². The molecule has 1 aromatic heterocycles. The molecule has 0 fully saturated rings. The fourth-order valence-corrected chi connectivity index (χ4v) is 1.14. The lowest BCUT2D eigenvalue weighted by molar-refractivity contribution is 0.404. The van der Waals surface area contributed by atoms with Crippen LogP contribution in [0.2, 0.25) is 0 Å². The van der Waals surface area contributed by atoms with Crippen LogP contribution in [0.15, 0.2) is 21.7 Å². The largest absolute Gasteiger partial charge is 0.504 e. The second-order valence-electron chi connectivity index (χ2n) is 2.79. The van der Waals surface area contributed by atoms with E-state index in [2.05, 4.69) is 9.97 Å². The van der Waals surface area contributed by atoms with Crippen molar-refractivity contribution in [3.63, 3.8) is 0 Å². The Morgan fingerprint density at radius 2 is 1.21 bits per heavy atom. The summed E-state index contributed by atoms with van der Waals surface area (Å²) in [4.78, 5) is 26.3. The van der Waals surface area contributed by atoms with E-state index >= 15 is 0 Å². The molecule has 2 aromatic rings. The average molecular weight is 194 g/mol. The normalized spacial score (nSPS) is 10.6. The molecule has 0 saturated carbocycles. The summed E-state index contributed by atoms with van der Waals surface area (Å²) in [5.41, 5.74) is -1.10. The summed E-state index contributed by atoms with van der Waals surface area (Å²) >= 11 is 0. The van der Waals surface area contributed by atoms with Crippen LogP contribution in [0.1, 0.15) is 0 Å². The van der Waals surface area contributed by atoms with Gasteiger partial charge in [-0.3, -0.25) is 9.59 Å². The number of fused-ring (bicyclic) bond motifs is 1. The minimum atomic E-state index is -0.803. The van der Waals surface area contributed by atoms with E-state index in [4.69, 9.17) is 10.2 Å². The number of rotatable bonds is 0. The Kier molecular flexibility index (Phi) is 1.57. The second-order valence-corrected chi connectivity index (χ2v) is 2.79. The molecule has 0 aliphatic heterocycles. The van der Waals surface area contributed by atoms with Gasteiger partial charge in [0.15, 0.2) is 11.5 Å². The van der Waals surface area contributed by atoms with Gasteiger partial charge in [0.1, 0.15) is 0 Å². The highest BCUT2D eigenvalue weighted by Gasteiger charge is 2.04. The maximum Gasteiger partial charge on any atom is 0.314 e. The Morgan fingerprint density at radius 3 is 1.57 bits per heavy atom. The lowest BCUT2D eigenvalue weighted by Crippen LogP contribution is -2.28. The number of hydrogen-bond donors (Lipinski definition) is 4. The fourth-order valence-electron chi connectivity index (χ4n) is 1.14. The molecule has 1 aromatic carbocycles. The molecule has 1 heterocycles. The van der Waals surface area contributed by atoms with E-state index in [9.17, 15) is 9.59 Å². The van der Waals surface area contributed by atoms with Crippen LogP contribution in [0.4, 0.5) is 0 Å². The Morgan fingerprint density at radius 1 is 0.857 bits per heavy atom. The molecule has 0 aliphatic carbocycles. The molecule has 6 heteroatoms. The van der Waals surface area contributed by atoms with Crippen molar-refractivity contribution in [3.05, 3.63) is 32.8 Å². The average Bonchev–Trinajstić information content (AvgIpc) is 2.11. The van der Waals surface area contributed by atoms with E-state index in [1.165, 1.54) is 0 Å². The number of phenolic OH excluding ortho intramolecular Hbond substituents is 2. The van der Waals surface area contributed by atoms with Crippen molar-refractivity contribution in [1.82, 2.24) is 9.97 Å². The van der Waals surface area contributed by atoms with Gasteiger partial charge in [-0.05, 0) is 0 Å². The van der Waals surface area contributed by atoms with Crippen LogP contribution in [0.25, 0.3) is 11.0 Å². The molecule has 0 radical (unpaired) electrons. The van der Waals surface area contributed by atoms with Crippen LogP contribution in [-0.4, -0.2) is 20.2 Å². The van der Waals surface area contributed by atoms with Gasteiger partial charge < -0.3 is 20.2 Å². The molecule has 2 rings (SSSR count). The van der Waals surface area contributed by atoms with Gasteiger partial charge in [-0.25, -0.2) is 0 Å². The summed E-state index contributed by atoms with van der Waals surface area (Å²) in [6, 6.07) is 2.31. The summed E-state index contributed by atoms with van der Waals surface area (Å²) in [6.07, 6.45) is 0. The number of H-pyrrole nitrogens is 2. The van der Waals surface area contributed by atoms with E-state index in [0.29, 0.717) is 0 Å². The quantitative estimate of drug-likeness (QED) is 0.339. The van der Waals surface area contributed by atoms with Crippen molar-refractivity contribution in [2.24, 2.45) is 0 Å². The first-order valence-electron chi connectivity index (χ1n) is 3.76. The Labute approximate surface area is 76.5 Å². The molecule has 0 atom stereocenters. The van der Waals surface area contributed by atoms with Gasteiger partial charge in [-0.2, -0.15) is 0 Å². The number of hydrogen-bond acceptors (Lipinski definition) is 4. The summed E-state index contributed by atoms with van der Waals surface area (Å²) in [6.45, 7) is 0. The molecule has 0 saturated heterocycles. The Bertz CT molecular complexity index is 556. The van der Waals surface area contributed by atoms with Crippen LogP contribution < -0.4 is 11.1 Å². The zero-order chi connectivity index (χ0) is 10.3. The van der Waals surface area contributed by atoms with Crippen molar-refractivity contribution in [3.8, 4) is 11.5 Å². The smallest absolute Gasteiger partial charge is 0.314 e. The van der Waals surface area contributed by atoms with Crippen LogP contribution in [0, 0.1) is 0 Å². The third-order valence-electron chi connectivity index (χ3n) is 1.82. The van der Waals surface area contributed by atoms with Crippen LogP contribution >= 0.6 is 0 Å². The molecule has 0 aliphatic rings. The first-order valence-corrected chi connectivity index (χ1v) is 3.76. The summed E-state index contributed by atoms with van der Waals surface area (Å²) in [5, 5.41) is 18.2. The molecule has 0 bridgehead atoms. The predicted octanol–water partition coefficient (Wildman–Crippen LogP) is -0.372. The highest BCUT2D eigenvalue weighted by molar-refractivity contribution is 5.78. The molecular weight excluding hydrogens is 188 g/mol. The van der Waals surface area contributed by atoms with Crippen LogP contribution in [-0.2, 0) is 0 Å². The molecule has 0 amide bonds. The topological polar surface area (TPSA) is 106 Å². The number of nitrogens with one attached hydrogen (secondary N) is 2. The monoisotopic (exact) mass is 194 g/mol. The molecule has 0 spiro atoms. The van der Waals surface area contributed by atoms with Gasteiger partial charge in [0.25, 0.3) is 0 Å². The molecule has 6 nitrogen and oxygen atoms in total. The van der Waals surface area contributed by atoms with Gasteiger partial charge >= 0.3 is 11.1 Å². The second kappa shape index (κ2) is 2.63. The maximum atomic E-state index is 10.9. The van der Waals surface area contributed by atoms with E-state index in [1.54, 1.807) is 0 Å². The number of aromatic hydroxyl groups is 2. The van der Waals surface area contributed by atoms with Crippen molar-refractivity contribution in [2.75, 3.05) is 0 Å². The number of aromatic amines is 2. The lowest BCUT2D eigenvalue weighted by atomic mass is 10.2. The first kappa shape index (κ1) is 8.36. The van der Waals surface area contributed by atoms with Gasteiger partial charge in [0, 0.05) is 12.1 Å². The van der Waals surface area contributed by atoms with E-state index < -0.39 is 11.1 Å². The number of benzene rings is 1. The predicted molar refractivity (Wildman–Crippen MR) is 48.5 cm³/mol. The summed E-state index contributed by atoms with van der Waals surface area (Å²) < 4.78 is 0. The number of phenols is 2. The summed E-state index contributed by atoms with van der Waals surface area (Å²) in [5.74, 6) is -0.722. The van der Waals surface area contributed by atoms with Gasteiger partial charge in [-0.15, -0.1) is 0 Å². The van der Waals surface area contributed by atoms with Crippen molar-refractivity contribution in [1.29, 1.82) is 0 Å². The highest BCUT2D eigenvalue weighted by Crippen LogP contribution is 2.26. The standard InChI is InChI=1S/C8H6N2O4/c11-5-1-3-4(2-6(5)12)10-8(14)7(13)9-3/h1-2,11-12H,(H,9,13)(H,10,14). The van der Waals surface area contributed by atoms with Crippen molar-refractivity contribution in [2.45, 2.75) is 0 Å². The molecule has 0 unspecified atom stereocenters. The van der Waals surface area contributed by atoms with Crippen LogP contribution in [0.3, 0.4) is 0 Å². The van der Waals surface area contributed by atoms with Crippen LogP contribution in [0.5, 0.6) is 11.5 Å². The zero-order valence-corrected chi connectivity index (χ0v) is 6.87. The van der Waals surface area contributed by atoms with E-state index in [0.717, 1.165) is 12.1 Å².